The number of carbonyl (C=O) groups excluding carboxylic acids is 3. The van der Waals surface area contributed by atoms with Crippen LogP contribution >= 0.6 is 0 Å². The summed E-state index contributed by atoms with van der Waals surface area (Å²) in [5, 5.41) is 0. The van der Waals surface area contributed by atoms with Crippen molar-refractivity contribution in [2.75, 3.05) is 30.0 Å². The molecule has 1 aliphatic rings. The minimum atomic E-state index is -1.28. The number of hydrogen-bond donors (Lipinski definition) is 0. The van der Waals surface area contributed by atoms with Gasteiger partial charge in [-0.15, -0.1) is 0 Å². The van der Waals surface area contributed by atoms with E-state index in [1.54, 1.807) is 30.0 Å². The van der Waals surface area contributed by atoms with E-state index in [9.17, 15) is 18.6 Å². The predicted molar refractivity (Wildman–Crippen MR) is 123 cm³/mol. The molecule has 1 aliphatic heterocycles. The van der Waals surface area contributed by atoms with Gasteiger partial charge in [-0.1, -0.05) is 49.9 Å². The van der Waals surface area contributed by atoms with E-state index in [0.29, 0.717) is 17.9 Å². The standard InChI is InChI=1S/C24H26N2O4S/c1-4-17-12-9-13-20-23(17)19(14-21(27)25(3)22(28)16-31(30)5-2)15-26(20)24(29)18-10-7-6-8-11-18/h4,6-13,19H,1,5,14-16H2,2-3H3. The largest absolute Gasteiger partial charge is 0.307 e. The maximum atomic E-state index is 13.2. The van der Waals surface area contributed by atoms with Gasteiger partial charge in [0.1, 0.15) is 5.75 Å². The van der Waals surface area contributed by atoms with E-state index in [2.05, 4.69) is 6.58 Å². The van der Waals surface area contributed by atoms with Gasteiger partial charge in [0.05, 0.1) is 0 Å². The van der Waals surface area contributed by atoms with Gasteiger partial charge in [-0.25, -0.2) is 0 Å². The Labute approximate surface area is 185 Å². The molecular weight excluding hydrogens is 412 g/mol. The highest BCUT2D eigenvalue weighted by atomic mass is 32.2. The summed E-state index contributed by atoms with van der Waals surface area (Å²) in [5.74, 6) is -1.03. The maximum absolute atomic E-state index is 13.2. The molecule has 1 heterocycles. The van der Waals surface area contributed by atoms with E-state index < -0.39 is 16.7 Å². The average Bonchev–Trinajstić information content (AvgIpc) is 3.16. The Morgan fingerprint density at radius 1 is 1.13 bits per heavy atom. The second kappa shape index (κ2) is 9.83. The first-order valence-corrected chi connectivity index (χ1v) is 11.6. The molecular formula is C24H26N2O4S. The summed E-state index contributed by atoms with van der Waals surface area (Å²) in [4.78, 5) is 41.0. The number of hydrogen-bond acceptors (Lipinski definition) is 4. The molecule has 0 saturated carbocycles. The molecule has 0 aromatic heterocycles. The van der Waals surface area contributed by atoms with E-state index in [0.717, 1.165) is 21.7 Å². The lowest BCUT2D eigenvalue weighted by Crippen LogP contribution is -2.37. The average molecular weight is 439 g/mol. The predicted octanol–water partition coefficient (Wildman–Crippen LogP) is 3.22. The number of benzene rings is 2. The molecule has 0 spiro atoms. The van der Waals surface area contributed by atoms with Gasteiger partial charge in [-0.2, -0.15) is 0 Å². The zero-order valence-corrected chi connectivity index (χ0v) is 18.6. The molecule has 6 nitrogen and oxygen atoms in total. The van der Waals surface area contributed by atoms with Crippen molar-refractivity contribution in [3.05, 3.63) is 71.8 Å². The van der Waals surface area contributed by atoms with Crippen molar-refractivity contribution in [2.45, 2.75) is 19.3 Å². The van der Waals surface area contributed by atoms with E-state index in [1.165, 1.54) is 7.05 Å². The molecule has 162 valence electrons. The molecule has 0 aliphatic carbocycles. The van der Waals surface area contributed by atoms with Crippen LogP contribution < -0.4 is 4.90 Å². The van der Waals surface area contributed by atoms with Gasteiger partial charge < -0.3 is 4.90 Å². The summed E-state index contributed by atoms with van der Waals surface area (Å²) in [7, 11) is 0.134. The maximum Gasteiger partial charge on any atom is 0.258 e. The summed E-state index contributed by atoms with van der Waals surface area (Å²) in [5.41, 5.74) is 3.07. The molecule has 0 bridgehead atoms. The normalized spacial score (nSPS) is 15.8. The minimum Gasteiger partial charge on any atom is -0.307 e. The third-order valence-corrected chi connectivity index (χ3v) is 6.69. The van der Waals surface area contributed by atoms with Crippen LogP contribution in [-0.2, 0) is 20.4 Å². The lowest BCUT2D eigenvalue weighted by atomic mass is 9.92. The van der Waals surface area contributed by atoms with Crippen molar-refractivity contribution in [1.82, 2.24) is 4.90 Å². The van der Waals surface area contributed by atoms with E-state index in [-0.39, 0.29) is 29.9 Å². The van der Waals surface area contributed by atoms with Crippen molar-refractivity contribution in [3.8, 4) is 0 Å². The van der Waals surface area contributed by atoms with Gasteiger partial charge in [0.15, 0.2) is 0 Å². The van der Waals surface area contributed by atoms with Crippen LogP contribution in [0.1, 0.15) is 40.7 Å². The number of amides is 3. The Morgan fingerprint density at radius 3 is 2.48 bits per heavy atom. The van der Waals surface area contributed by atoms with Gasteiger partial charge in [0.2, 0.25) is 11.8 Å². The van der Waals surface area contributed by atoms with E-state index >= 15 is 0 Å². The second-order valence-corrected chi connectivity index (χ2v) is 9.13. The summed E-state index contributed by atoms with van der Waals surface area (Å²) < 4.78 is 11.7. The van der Waals surface area contributed by atoms with Crippen molar-refractivity contribution < 1.29 is 18.6 Å². The van der Waals surface area contributed by atoms with Crippen molar-refractivity contribution in [1.29, 1.82) is 0 Å². The van der Waals surface area contributed by atoms with Gasteiger partial charge in [0.25, 0.3) is 5.91 Å². The quantitative estimate of drug-likeness (QED) is 0.665. The Bertz CT molecular complexity index is 1040. The lowest BCUT2D eigenvalue weighted by Gasteiger charge is -2.19. The molecule has 2 atom stereocenters. The van der Waals surface area contributed by atoms with Gasteiger partial charge in [-0.05, 0) is 29.3 Å². The molecule has 0 fully saturated rings. The number of anilines is 1. The van der Waals surface area contributed by atoms with Gasteiger partial charge >= 0.3 is 0 Å². The highest BCUT2D eigenvalue weighted by molar-refractivity contribution is 7.85. The number of rotatable bonds is 7. The summed E-state index contributed by atoms with van der Waals surface area (Å²) in [6, 6.07) is 14.6. The number of carbonyl (C=O) groups is 3. The zero-order chi connectivity index (χ0) is 22.5. The first kappa shape index (κ1) is 22.6. The zero-order valence-electron chi connectivity index (χ0n) is 17.7. The molecule has 2 aromatic rings. The van der Waals surface area contributed by atoms with Crippen LogP contribution in [0.2, 0.25) is 0 Å². The van der Waals surface area contributed by atoms with Gasteiger partial charge in [-0.3, -0.25) is 23.5 Å². The third kappa shape index (κ3) is 4.82. The first-order chi connectivity index (χ1) is 14.9. The van der Waals surface area contributed by atoms with Crippen LogP contribution in [0.4, 0.5) is 5.69 Å². The minimum absolute atomic E-state index is 0.0669. The molecule has 2 aromatic carbocycles. The number of nitrogens with zero attached hydrogens (tertiary/aromatic N) is 2. The molecule has 0 N–H and O–H groups in total. The summed E-state index contributed by atoms with van der Waals surface area (Å²) in [6.07, 6.45) is 1.78. The third-order valence-electron chi connectivity index (χ3n) is 5.48. The van der Waals surface area contributed by atoms with Crippen molar-refractivity contribution >= 4 is 40.3 Å². The van der Waals surface area contributed by atoms with E-state index in [4.69, 9.17) is 0 Å². The number of imide groups is 1. The monoisotopic (exact) mass is 438 g/mol. The molecule has 3 rings (SSSR count). The molecule has 31 heavy (non-hydrogen) atoms. The fourth-order valence-electron chi connectivity index (χ4n) is 3.76. The smallest absolute Gasteiger partial charge is 0.258 e. The fourth-order valence-corrected chi connectivity index (χ4v) is 4.43. The molecule has 3 amide bonds. The van der Waals surface area contributed by atoms with Gasteiger partial charge in [0, 0.05) is 53.7 Å². The second-order valence-electron chi connectivity index (χ2n) is 7.39. The van der Waals surface area contributed by atoms with Crippen LogP contribution in [0.25, 0.3) is 6.08 Å². The Hall–Kier alpha value is -3.06. The van der Waals surface area contributed by atoms with Crippen LogP contribution in [-0.4, -0.2) is 51.9 Å². The Morgan fingerprint density at radius 2 is 1.84 bits per heavy atom. The lowest BCUT2D eigenvalue weighted by molar-refractivity contribution is -0.141. The van der Waals surface area contributed by atoms with Crippen LogP contribution in [0.15, 0.2) is 55.1 Å². The Kier molecular flexibility index (Phi) is 7.17. The highest BCUT2D eigenvalue weighted by Gasteiger charge is 2.36. The Balaban J connectivity index is 1.86. The molecule has 7 heteroatoms. The molecule has 0 radical (unpaired) electrons. The van der Waals surface area contributed by atoms with Crippen LogP contribution in [0.5, 0.6) is 0 Å². The van der Waals surface area contributed by atoms with Crippen molar-refractivity contribution in [2.24, 2.45) is 0 Å². The van der Waals surface area contributed by atoms with Crippen molar-refractivity contribution in [3.63, 3.8) is 0 Å². The van der Waals surface area contributed by atoms with E-state index in [1.807, 2.05) is 36.4 Å². The SMILES string of the molecule is C=Cc1cccc2c1C(CC(=O)N(C)C(=O)CS(=O)CC)CN2C(=O)c1ccccc1. The number of fused-ring (bicyclic) bond motifs is 1. The molecule has 2 unspecified atom stereocenters. The summed E-state index contributed by atoms with van der Waals surface area (Å²) >= 11 is 0. The first-order valence-electron chi connectivity index (χ1n) is 10.1. The van der Waals surface area contributed by atoms with Crippen LogP contribution in [0.3, 0.4) is 0 Å². The highest BCUT2D eigenvalue weighted by Crippen LogP contribution is 2.41. The summed E-state index contributed by atoms with van der Waals surface area (Å²) in [6.45, 7) is 5.94. The molecule has 0 saturated heterocycles. The van der Waals surface area contributed by atoms with Crippen LogP contribution in [0, 0.1) is 0 Å². The fraction of sp³-hybridized carbons (Fsp3) is 0.292. The topological polar surface area (TPSA) is 74.8 Å².